The first-order valence-corrected chi connectivity index (χ1v) is 5.64. The Morgan fingerprint density at radius 2 is 2.11 bits per heavy atom. The predicted octanol–water partition coefficient (Wildman–Crippen LogP) is 1.63. The lowest BCUT2D eigenvalue weighted by Gasteiger charge is -2.01. The standard InChI is InChI=1S/C13H12N4O/c1-8-15-11-7-9(3-4-12(11)17(8)2)10-5-6-14-13(18)16-10/h3-7H,1-2H3,(H,14,16,18). The second-order valence-corrected chi connectivity index (χ2v) is 4.21. The second-order valence-electron chi connectivity index (χ2n) is 4.21. The fourth-order valence-corrected chi connectivity index (χ4v) is 2.02. The largest absolute Gasteiger partial charge is 0.345 e. The van der Waals surface area contributed by atoms with Gasteiger partial charge in [0.25, 0.3) is 0 Å². The van der Waals surface area contributed by atoms with Crippen LogP contribution in [0.25, 0.3) is 22.3 Å². The molecule has 18 heavy (non-hydrogen) atoms. The molecule has 2 aromatic heterocycles. The summed E-state index contributed by atoms with van der Waals surface area (Å²) in [5, 5.41) is 0. The lowest BCUT2D eigenvalue weighted by Crippen LogP contribution is -2.09. The molecular formula is C13H12N4O. The first-order chi connectivity index (χ1) is 8.65. The van der Waals surface area contributed by atoms with Crippen LogP contribution in [0.4, 0.5) is 0 Å². The predicted molar refractivity (Wildman–Crippen MR) is 69.3 cm³/mol. The van der Waals surface area contributed by atoms with Crippen molar-refractivity contribution >= 4 is 11.0 Å². The molecule has 0 aliphatic rings. The maximum atomic E-state index is 11.2. The molecule has 3 aromatic rings. The number of hydrogen-bond acceptors (Lipinski definition) is 3. The minimum absolute atomic E-state index is 0.343. The van der Waals surface area contributed by atoms with E-state index in [4.69, 9.17) is 0 Å². The minimum atomic E-state index is -0.343. The van der Waals surface area contributed by atoms with Crippen LogP contribution in [0.5, 0.6) is 0 Å². The number of aromatic nitrogens is 4. The van der Waals surface area contributed by atoms with Crippen LogP contribution in [0.15, 0.2) is 35.3 Å². The number of hydrogen-bond donors (Lipinski definition) is 1. The zero-order valence-electron chi connectivity index (χ0n) is 10.1. The zero-order valence-corrected chi connectivity index (χ0v) is 10.1. The number of aromatic amines is 1. The van der Waals surface area contributed by atoms with E-state index >= 15 is 0 Å². The van der Waals surface area contributed by atoms with E-state index in [9.17, 15) is 4.79 Å². The van der Waals surface area contributed by atoms with Crippen LogP contribution in [0.2, 0.25) is 0 Å². The van der Waals surface area contributed by atoms with Crippen molar-refractivity contribution in [2.75, 3.05) is 0 Å². The van der Waals surface area contributed by atoms with Gasteiger partial charge in [0, 0.05) is 18.8 Å². The molecule has 0 aliphatic heterocycles. The highest BCUT2D eigenvalue weighted by Gasteiger charge is 2.06. The summed E-state index contributed by atoms with van der Waals surface area (Å²) in [6, 6.07) is 7.71. The van der Waals surface area contributed by atoms with Crippen molar-refractivity contribution in [1.29, 1.82) is 0 Å². The molecule has 90 valence electrons. The molecule has 0 saturated heterocycles. The fraction of sp³-hybridized carbons (Fsp3) is 0.154. The summed E-state index contributed by atoms with van der Waals surface area (Å²) in [5.41, 5.74) is 3.34. The van der Waals surface area contributed by atoms with Gasteiger partial charge in [-0.2, -0.15) is 0 Å². The van der Waals surface area contributed by atoms with Gasteiger partial charge >= 0.3 is 5.69 Å². The third-order valence-electron chi connectivity index (χ3n) is 3.09. The van der Waals surface area contributed by atoms with Gasteiger partial charge in [0.1, 0.15) is 5.82 Å². The number of imidazole rings is 1. The van der Waals surface area contributed by atoms with Gasteiger partial charge in [-0.3, -0.25) is 0 Å². The Balaban J connectivity index is 2.22. The molecule has 0 unspecified atom stereocenters. The first kappa shape index (κ1) is 10.7. The smallest absolute Gasteiger partial charge is 0.331 e. The highest BCUT2D eigenvalue weighted by Crippen LogP contribution is 2.22. The van der Waals surface area contributed by atoms with E-state index in [0.29, 0.717) is 0 Å². The second kappa shape index (κ2) is 3.80. The lowest BCUT2D eigenvalue weighted by molar-refractivity contribution is 0.886. The molecule has 0 bridgehead atoms. The van der Waals surface area contributed by atoms with Gasteiger partial charge in [0.15, 0.2) is 0 Å². The molecule has 0 atom stereocenters. The van der Waals surface area contributed by atoms with Crippen molar-refractivity contribution in [2.24, 2.45) is 7.05 Å². The molecule has 0 spiro atoms. The SMILES string of the molecule is Cc1nc2cc(-c3ccnc(=O)[nH]3)ccc2n1C. The molecule has 5 heteroatoms. The summed E-state index contributed by atoms with van der Waals surface area (Å²) in [6.45, 7) is 1.97. The molecule has 5 nitrogen and oxygen atoms in total. The Hall–Kier alpha value is -2.43. The Morgan fingerprint density at radius 3 is 2.89 bits per heavy atom. The van der Waals surface area contributed by atoms with Crippen molar-refractivity contribution < 1.29 is 0 Å². The van der Waals surface area contributed by atoms with Crippen LogP contribution in [-0.2, 0) is 7.05 Å². The average molecular weight is 240 g/mol. The Morgan fingerprint density at radius 1 is 1.28 bits per heavy atom. The summed E-state index contributed by atoms with van der Waals surface area (Å²) in [6.07, 6.45) is 1.50. The van der Waals surface area contributed by atoms with Crippen LogP contribution in [-0.4, -0.2) is 19.5 Å². The van der Waals surface area contributed by atoms with Gasteiger partial charge in [-0.25, -0.2) is 14.8 Å². The molecule has 3 rings (SSSR count). The van der Waals surface area contributed by atoms with Gasteiger partial charge in [-0.05, 0) is 25.1 Å². The van der Waals surface area contributed by atoms with Crippen molar-refractivity contribution in [3.8, 4) is 11.3 Å². The van der Waals surface area contributed by atoms with Crippen molar-refractivity contribution in [3.63, 3.8) is 0 Å². The minimum Gasteiger partial charge on any atom is -0.331 e. The number of nitrogens with zero attached hydrogens (tertiary/aromatic N) is 3. The number of rotatable bonds is 1. The normalized spacial score (nSPS) is 11.0. The highest BCUT2D eigenvalue weighted by molar-refractivity contribution is 5.81. The van der Waals surface area contributed by atoms with E-state index in [2.05, 4.69) is 15.0 Å². The molecule has 0 saturated carbocycles. The number of H-pyrrole nitrogens is 1. The Bertz CT molecular complexity index is 785. The van der Waals surface area contributed by atoms with Gasteiger partial charge in [-0.15, -0.1) is 0 Å². The number of fused-ring (bicyclic) bond motifs is 1. The number of aryl methyl sites for hydroxylation is 2. The molecule has 1 aromatic carbocycles. The molecule has 0 radical (unpaired) electrons. The molecule has 2 heterocycles. The van der Waals surface area contributed by atoms with Crippen LogP contribution < -0.4 is 5.69 Å². The van der Waals surface area contributed by atoms with E-state index < -0.39 is 0 Å². The van der Waals surface area contributed by atoms with Crippen LogP contribution >= 0.6 is 0 Å². The fourth-order valence-electron chi connectivity index (χ4n) is 2.02. The van der Waals surface area contributed by atoms with E-state index in [1.807, 2.05) is 36.7 Å². The average Bonchev–Trinajstić information content (AvgIpc) is 2.65. The Kier molecular flexibility index (Phi) is 2.26. The van der Waals surface area contributed by atoms with E-state index in [1.54, 1.807) is 6.07 Å². The number of benzene rings is 1. The van der Waals surface area contributed by atoms with Crippen molar-refractivity contribution in [2.45, 2.75) is 6.92 Å². The molecule has 0 fully saturated rings. The quantitative estimate of drug-likeness (QED) is 0.703. The van der Waals surface area contributed by atoms with Gasteiger partial charge in [0.05, 0.1) is 16.7 Å². The number of nitrogens with one attached hydrogen (secondary N) is 1. The van der Waals surface area contributed by atoms with Gasteiger partial charge < -0.3 is 9.55 Å². The summed E-state index contributed by atoms with van der Waals surface area (Å²) < 4.78 is 2.04. The maximum Gasteiger partial charge on any atom is 0.345 e. The highest BCUT2D eigenvalue weighted by atomic mass is 16.1. The monoisotopic (exact) mass is 240 g/mol. The summed E-state index contributed by atoms with van der Waals surface area (Å²) >= 11 is 0. The summed E-state index contributed by atoms with van der Waals surface area (Å²) in [7, 11) is 1.98. The lowest BCUT2D eigenvalue weighted by atomic mass is 10.1. The Labute approximate surface area is 103 Å². The van der Waals surface area contributed by atoms with Crippen LogP contribution in [0.3, 0.4) is 0 Å². The summed E-state index contributed by atoms with van der Waals surface area (Å²) in [4.78, 5) is 22.0. The van der Waals surface area contributed by atoms with Gasteiger partial charge in [-0.1, -0.05) is 6.07 Å². The van der Waals surface area contributed by atoms with Crippen molar-refractivity contribution in [3.05, 3.63) is 46.8 Å². The third-order valence-corrected chi connectivity index (χ3v) is 3.09. The molecule has 0 amide bonds. The third kappa shape index (κ3) is 1.60. The molecule has 1 N–H and O–H groups in total. The maximum absolute atomic E-state index is 11.2. The van der Waals surface area contributed by atoms with Crippen molar-refractivity contribution in [1.82, 2.24) is 19.5 Å². The topological polar surface area (TPSA) is 63.6 Å². The summed E-state index contributed by atoms with van der Waals surface area (Å²) in [5.74, 6) is 0.963. The van der Waals surface area contributed by atoms with E-state index in [-0.39, 0.29) is 5.69 Å². The molecular weight excluding hydrogens is 228 g/mol. The molecule has 0 aliphatic carbocycles. The zero-order chi connectivity index (χ0) is 12.7. The van der Waals surface area contributed by atoms with E-state index in [0.717, 1.165) is 28.1 Å². The van der Waals surface area contributed by atoms with Gasteiger partial charge in [0.2, 0.25) is 0 Å². The van der Waals surface area contributed by atoms with E-state index in [1.165, 1.54) is 6.20 Å². The van der Waals surface area contributed by atoms with Crippen LogP contribution in [0, 0.1) is 6.92 Å². The first-order valence-electron chi connectivity index (χ1n) is 5.64. The van der Waals surface area contributed by atoms with Crippen LogP contribution in [0.1, 0.15) is 5.82 Å².